The standard InChI is InChI=1S/C13H18N4OS/c1-13(2,3)19-9-8-15-12(18)10-6-4-5-7-11(10)16-17-14/h4-7H,8-9H2,1-3H3,(H-,15,16,18)/p+1. The molecule has 0 saturated carbocycles. The van der Waals surface area contributed by atoms with Gasteiger partial charge in [0, 0.05) is 17.0 Å². The molecule has 0 aliphatic rings. The van der Waals surface area contributed by atoms with E-state index in [1.54, 1.807) is 36.0 Å². The lowest BCUT2D eigenvalue weighted by Crippen LogP contribution is -2.27. The van der Waals surface area contributed by atoms with Crippen LogP contribution in [0.25, 0.3) is 5.08 Å². The molecule has 102 valence electrons. The molecular weight excluding hydrogens is 260 g/mol. The van der Waals surface area contributed by atoms with E-state index < -0.39 is 0 Å². The zero-order valence-electron chi connectivity index (χ0n) is 11.4. The maximum absolute atomic E-state index is 12.0. The maximum Gasteiger partial charge on any atom is 0.308 e. The van der Waals surface area contributed by atoms with Crippen molar-refractivity contribution >= 4 is 23.4 Å². The Morgan fingerprint density at radius 2 is 2.05 bits per heavy atom. The van der Waals surface area contributed by atoms with Crippen LogP contribution in [-0.4, -0.2) is 23.0 Å². The minimum atomic E-state index is -0.179. The van der Waals surface area contributed by atoms with Crippen molar-refractivity contribution in [3.05, 3.63) is 34.9 Å². The average Bonchev–Trinajstić information content (AvgIpc) is 2.34. The number of anilines is 1. The predicted octanol–water partition coefficient (Wildman–Crippen LogP) is 3.13. The fourth-order valence-electron chi connectivity index (χ4n) is 1.45. The molecule has 0 fully saturated rings. The van der Waals surface area contributed by atoms with Crippen molar-refractivity contribution in [3.8, 4) is 0 Å². The van der Waals surface area contributed by atoms with Crippen LogP contribution in [0.5, 0.6) is 0 Å². The summed E-state index contributed by atoms with van der Waals surface area (Å²) in [5, 5.41) is 14.2. The number of benzene rings is 1. The molecule has 0 spiro atoms. The second-order valence-electron chi connectivity index (χ2n) is 4.97. The summed E-state index contributed by atoms with van der Waals surface area (Å²) in [5.74, 6) is 0.677. The molecule has 1 aromatic rings. The molecule has 0 radical (unpaired) electrons. The third-order valence-electron chi connectivity index (χ3n) is 2.26. The highest BCUT2D eigenvalue weighted by molar-refractivity contribution is 8.00. The summed E-state index contributed by atoms with van der Waals surface area (Å²) in [7, 11) is 0. The van der Waals surface area contributed by atoms with Crippen LogP contribution in [0.2, 0.25) is 0 Å². The van der Waals surface area contributed by atoms with Crippen molar-refractivity contribution in [2.45, 2.75) is 25.5 Å². The lowest BCUT2D eigenvalue weighted by atomic mass is 10.1. The number of nitrogens with zero attached hydrogens (tertiary/aromatic N) is 2. The van der Waals surface area contributed by atoms with E-state index in [9.17, 15) is 4.79 Å². The van der Waals surface area contributed by atoms with Gasteiger partial charge in [-0.3, -0.25) is 4.79 Å². The summed E-state index contributed by atoms with van der Waals surface area (Å²) in [6.45, 7) is 7.02. The third kappa shape index (κ3) is 5.62. The van der Waals surface area contributed by atoms with Gasteiger partial charge in [0.1, 0.15) is 5.69 Å². The van der Waals surface area contributed by atoms with E-state index in [2.05, 4.69) is 36.6 Å². The lowest BCUT2D eigenvalue weighted by molar-refractivity contribution is 0.0957. The van der Waals surface area contributed by atoms with Crippen LogP contribution < -0.4 is 10.7 Å². The molecule has 0 aromatic heterocycles. The van der Waals surface area contributed by atoms with Gasteiger partial charge >= 0.3 is 5.08 Å². The van der Waals surface area contributed by atoms with Gasteiger partial charge in [0.05, 0.1) is 5.56 Å². The van der Waals surface area contributed by atoms with E-state index in [-0.39, 0.29) is 10.7 Å². The number of hydrogen-bond acceptors (Lipinski definition) is 4. The van der Waals surface area contributed by atoms with Gasteiger partial charge in [-0.1, -0.05) is 32.9 Å². The number of thioether (sulfide) groups is 1. The van der Waals surface area contributed by atoms with Crippen LogP contribution >= 0.6 is 11.8 Å². The molecule has 5 nitrogen and oxygen atoms in total. The zero-order valence-corrected chi connectivity index (χ0v) is 12.3. The Balaban J connectivity index is 2.52. The van der Waals surface area contributed by atoms with Crippen molar-refractivity contribution in [3.63, 3.8) is 0 Å². The van der Waals surface area contributed by atoms with E-state index in [0.717, 1.165) is 5.75 Å². The van der Waals surface area contributed by atoms with Crippen LogP contribution in [-0.2, 0) is 0 Å². The molecular formula is C13H19N4OS+. The molecule has 2 N–H and O–H groups in total. The smallest absolute Gasteiger partial charge is 0.308 e. The molecule has 1 aromatic carbocycles. The molecule has 0 unspecified atom stereocenters. The van der Waals surface area contributed by atoms with Crippen LogP contribution in [0.1, 0.15) is 31.1 Å². The van der Waals surface area contributed by atoms with Gasteiger partial charge in [0.25, 0.3) is 11.3 Å². The van der Waals surface area contributed by atoms with Gasteiger partial charge in [-0.15, -0.1) is 0 Å². The minimum Gasteiger partial charge on any atom is -0.351 e. The zero-order chi connectivity index (χ0) is 14.3. The number of para-hydroxylation sites is 1. The van der Waals surface area contributed by atoms with E-state index in [1.807, 2.05) is 0 Å². The SMILES string of the molecule is CC(C)(C)SCCNC(=O)c1ccccc1N[N+]#N. The van der Waals surface area contributed by atoms with Crippen molar-refractivity contribution < 1.29 is 4.79 Å². The number of diazo groups is 1. The molecule has 0 bridgehead atoms. The maximum atomic E-state index is 12.0. The van der Waals surface area contributed by atoms with Crippen LogP contribution in [0.3, 0.4) is 0 Å². The van der Waals surface area contributed by atoms with Gasteiger partial charge in [0.15, 0.2) is 0 Å². The van der Waals surface area contributed by atoms with Crippen LogP contribution in [0.4, 0.5) is 5.69 Å². The Morgan fingerprint density at radius 3 is 2.68 bits per heavy atom. The molecule has 6 heteroatoms. The van der Waals surface area contributed by atoms with E-state index in [0.29, 0.717) is 17.8 Å². The first kappa shape index (κ1) is 15.3. The molecule has 0 aliphatic carbocycles. The number of hydrogen-bond donors (Lipinski definition) is 2. The van der Waals surface area contributed by atoms with Gasteiger partial charge in [-0.25, -0.2) is 0 Å². The summed E-state index contributed by atoms with van der Waals surface area (Å²) in [4.78, 5) is 12.0. The first-order chi connectivity index (χ1) is 8.94. The van der Waals surface area contributed by atoms with E-state index >= 15 is 0 Å². The Labute approximate surface area is 117 Å². The molecule has 0 saturated heterocycles. The van der Waals surface area contributed by atoms with E-state index in [4.69, 9.17) is 5.39 Å². The quantitative estimate of drug-likeness (QED) is 0.493. The Morgan fingerprint density at radius 1 is 1.37 bits per heavy atom. The molecule has 1 amide bonds. The molecule has 0 heterocycles. The number of carbonyl (C=O) groups is 1. The average molecular weight is 279 g/mol. The fraction of sp³-hybridized carbons (Fsp3) is 0.462. The minimum absolute atomic E-state index is 0.179. The molecule has 0 atom stereocenters. The number of amides is 1. The molecule has 19 heavy (non-hydrogen) atoms. The monoisotopic (exact) mass is 279 g/mol. The second-order valence-corrected chi connectivity index (χ2v) is 6.90. The van der Waals surface area contributed by atoms with Crippen molar-refractivity contribution in [1.29, 1.82) is 5.39 Å². The Kier molecular flexibility index (Phi) is 5.64. The molecule has 0 aliphatic heterocycles. The van der Waals surface area contributed by atoms with Crippen molar-refractivity contribution in [2.24, 2.45) is 0 Å². The lowest BCUT2D eigenvalue weighted by Gasteiger charge is -2.17. The summed E-state index contributed by atoms with van der Waals surface area (Å²) in [6.07, 6.45) is 0. The number of nitrogens with one attached hydrogen (secondary N) is 2. The van der Waals surface area contributed by atoms with Crippen molar-refractivity contribution in [2.75, 3.05) is 17.7 Å². The predicted molar refractivity (Wildman–Crippen MR) is 79.7 cm³/mol. The summed E-state index contributed by atoms with van der Waals surface area (Å²) in [6, 6.07) is 6.89. The topological polar surface area (TPSA) is 69.3 Å². The van der Waals surface area contributed by atoms with Crippen LogP contribution in [0, 0.1) is 5.39 Å². The summed E-state index contributed by atoms with van der Waals surface area (Å²) < 4.78 is 0.194. The summed E-state index contributed by atoms with van der Waals surface area (Å²) >= 11 is 1.80. The highest BCUT2D eigenvalue weighted by atomic mass is 32.2. The number of rotatable bonds is 5. The van der Waals surface area contributed by atoms with Gasteiger partial charge in [-0.05, 0) is 17.6 Å². The largest absolute Gasteiger partial charge is 0.351 e. The Hall–Kier alpha value is -1.74. The first-order valence-corrected chi connectivity index (χ1v) is 7.04. The first-order valence-electron chi connectivity index (χ1n) is 6.05. The van der Waals surface area contributed by atoms with Gasteiger partial charge in [-0.2, -0.15) is 11.8 Å². The summed E-state index contributed by atoms with van der Waals surface area (Å²) in [5.41, 5.74) is 3.32. The highest BCUT2D eigenvalue weighted by Gasteiger charge is 2.14. The highest BCUT2D eigenvalue weighted by Crippen LogP contribution is 2.22. The molecule has 1 rings (SSSR count). The second kappa shape index (κ2) is 7.00. The Bertz CT molecular complexity index is 476. The van der Waals surface area contributed by atoms with Crippen molar-refractivity contribution in [1.82, 2.24) is 5.32 Å². The van der Waals surface area contributed by atoms with Crippen LogP contribution in [0.15, 0.2) is 24.3 Å². The third-order valence-corrected chi connectivity index (χ3v) is 3.54. The van der Waals surface area contributed by atoms with Gasteiger partial charge in [0.2, 0.25) is 0 Å². The van der Waals surface area contributed by atoms with E-state index in [1.165, 1.54) is 0 Å². The fourth-order valence-corrected chi connectivity index (χ4v) is 2.27. The number of carbonyl (C=O) groups excluding carboxylic acids is 1. The normalized spacial score (nSPS) is 10.6. The van der Waals surface area contributed by atoms with Gasteiger partial charge < -0.3 is 5.32 Å².